The van der Waals surface area contributed by atoms with Crippen molar-refractivity contribution >= 4 is 35.3 Å². The van der Waals surface area contributed by atoms with Crippen molar-refractivity contribution in [3.8, 4) is 5.75 Å². The summed E-state index contributed by atoms with van der Waals surface area (Å²) in [6, 6.07) is 5.93. The number of aliphatic carboxylic acids is 1. The Morgan fingerprint density at radius 2 is 1.77 bits per heavy atom. The summed E-state index contributed by atoms with van der Waals surface area (Å²) in [6.07, 6.45) is 2.33. The number of benzene rings is 1. The Labute approximate surface area is 254 Å². The van der Waals surface area contributed by atoms with Crippen molar-refractivity contribution in [2.45, 2.75) is 64.5 Å². The Bertz CT molecular complexity index is 1310. The first-order valence-electron chi connectivity index (χ1n) is 14.4. The largest absolute Gasteiger partial charge is 0.481 e. The van der Waals surface area contributed by atoms with Gasteiger partial charge in [0.25, 0.3) is 5.91 Å². The summed E-state index contributed by atoms with van der Waals surface area (Å²) in [7, 11) is 0. The Morgan fingerprint density at radius 1 is 1.09 bits per heavy atom. The van der Waals surface area contributed by atoms with Crippen molar-refractivity contribution in [1.82, 2.24) is 19.6 Å². The third-order valence-electron chi connectivity index (χ3n) is 8.41. The molecule has 2 N–H and O–H groups in total. The average Bonchev–Trinajstić information content (AvgIpc) is 3.46. The number of hydrogen-bond donors (Lipinski definition) is 2. The van der Waals surface area contributed by atoms with Gasteiger partial charge >= 0.3 is 18.7 Å². The number of carbonyl (C=O) groups excluding carboxylic acids is 2. The fraction of sp³-hybridized carbons (Fsp3) is 0.586. The highest BCUT2D eigenvalue weighted by molar-refractivity contribution is 6.30. The number of carboxylic acids is 1. The number of nitrogens with zero attached hydrogens (tertiary/aromatic N) is 4. The highest BCUT2D eigenvalue weighted by Gasteiger charge is 2.49. The van der Waals surface area contributed by atoms with Crippen molar-refractivity contribution in [3.63, 3.8) is 0 Å². The van der Waals surface area contributed by atoms with Gasteiger partial charge in [0.05, 0.1) is 17.7 Å². The summed E-state index contributed by atoms with van der Waals surface area (Å²) in [5.74, 6) is -1.59. The van der Waals surface area contributed by atoms with Crippen LogP contribution in [0.4, 0.5) is 19.3 Å². The standard InChI is InChI=1S/C29H38ClF2N5O6/c1-4-42-27(41)36-15-8-28(9-16-36,25(39)40)18-35-13-10-29(11-14-35,37-22(19(2)3)7-12-33-37)24(38)34-21-6-5-20(30)17-23(21)43-26(31)32/h5-7,12,17,19,26H,4,8-11,13-16,18H2,1-3H3,(H,34,38)(H,39,40). The molecule has 14 heteroatoms. The number of piperidine rings is 2. The summed E-state index contributed by atoms with van der Waals surface area (Å²) >= 11 is 5.99. The van der Waals surface area contributed by atoms with Gasteiger partial charge in [-0.25, -0.2) is 4.79 Å². The van der Waals surface area contributed by atoms with Crippen molar-refractivity contribution in [2.75, 3.05) is 44.6 Å². The van der Waals surface area contributed by atoms with E-state index in [9.17, 15) is 28.3 Å². The number of anilines is 1. The number of carbonyl (C=O) groups is 3. The van der Waals surface area contributed by atoms with Crippen LogP contribution in [0, 0.1) is 5.41 Å². The first-order chi connectivity index (χ1) is 20.4. The molecule has 11 nitrogen and oxygen atoms in total. The van der Waals surface area contributed by atoms with Crippen molar-refractivity contribution < 1.29 is 37.7 Å². The van der Waals surface area contributed by atoms with Gasteiger partial charge in [-0.15, -0.1) is 0 Å². The number of likely N-dealkylation sites (tertiary alicyclic amines) is 2. The normalized spacial score (nSPS) is 18.5. The van der Waals surface area contributed by atoms with E-state index in [1.165, 1.54) is 23.1 Å². The van der Waals surface area contributed by atoms with Crippen molar-refractivity contribution in [1.29, 1.82) is 0 Å². The van der Waals surface area contributed by atoms with Gasteiger partial charge in [0.15, 0.2) is 5.75 Å². The van der Waals surface area contributed by atoms with Crippen LogP contribution in [0.2, 0.25) is 5.02 Å². The molecular formula is C29H38ClF2N5O6. The number of rotatable bonds is 10. The van der Waals surface area contributed by atoms with E-state index in [1.54, 1.807) is 17.8 Å². The molecule has 1 aromatic carbocycles. The topological polar surface area (TPSA) is 126 Å². The molecule has 1 aromatic heterocycles. The van der Waals surface area contributed by atoms with Crippen LogP contribution < -0.4 is 10.1 Å². The Morgan fingerprint density at radius 3 is 2.35 bits per heavy atom. The van der Waals surface area contributed by atoms with E-state index >= 15 is 0 Å². The maximum atomic E-state index is 14.1. The first-order valence-corrected chi connectivity index (χ1v) is 14.8. The number of amides is 2. The maximum Gasteiger partial charge on any atom is 0.409 e. The Kier molecular flexibility index (Phi) is 10.2. The molecule has 236 valence electrons. The van der Waals surface area contributed by atoms with E-state index in [2.05, 4.69) is 15.2 Å². The molecule has 2 aliphatic rings. The minimum absolute atomic E-state index is 0.0401. The zero-order valence-electron chi connectivity index (χ0n) is 24.5. The molecule has 2 aromatic rings. The molecule has 0 atom stereocenters. The van der Waals surface area contributed by atoms with Gasteiger partial charge in [-0.2, -0.15) is 13.9 Å². The molecule has 0 aliphatic carbocycles. The van der Waals surface area contributed by atoms with E-state index in [4.69, 9.17) is 16.3 Å². The lowest BCUT2D eigenvalue weighted by Crippen LogP contribution is -2.57. The van der Waals surface area contributed by atoms with Gasteiger partial charge in [-0.05, 0) is 56.7 Å². The molecule has 3 heterocycles. The smallest absolute Gasteiger partial charge is 0.409 e. The lowest BCUT2D eigenvalue weighted by molar-refractivity contribution is -0.154. The second-order valence-corrected chi connectivity index (χ2v) is 11.8. The number of ether oxygens (including phenoxy) is 2. The highest BCUT2D eigenvalue weighted by atomic mass is 35.5. The van der Waals surface area contributed by atoms with E-state index in [0.717, 1.165) is 5.69 Å². The fourth-order valence-corrected chi connectivity index (χ4v) is 6.12. The van der Waals surface area contributed by atoms with Gasteiger partial charge in [0.1, 0.15) is 5.54 Å². The van der Waals surface area contributed by atoms with Crippen molar-refractivity contribution in [3.05, 3.63) is 41.2 Å². The van der Waals surface area contributed by atoms with Crippen LogP contribution in [0.15, 0.2) is 30.5 Å². The van der Waals surface area contributed by atoms with Crippen molar-refractivity contribution in [2.24, 2.45) is 5.41 Å². The fourth-order valence-electron chi connectivity index (χ4n) is 5.96. The molecule has 2 fully saturated rings. The number of carboxylic acid groups (broad SMARTS) is 1. The number of halogens is 3. The van der Waals surface area contributed by atoms with Crippen LogP contribution >= 0.6 is 11.6 Å². The first kappa shape index (κ1) is 32.5. The van der Waals surface area contributed by atoms with E-state index in [0.29, 0.717) is 25.9 Å². The third-order valence-corrected chi connectivity index (χ3v) is 8.64. The molecule has 2 aliphatic heterocycles. The van der Waals surface area contributed by atoms with Crippen LogP contribution in [0.5, 0.6) is 5.75 Å². The zero-order valence-corrected chi connectivity index (χ0v) is 25.3. The average molecular weight is 626 g/mol. The summed E-state index contributed by atoms with van der Waals surface area (Å²) in [6.45, 7) is 4.43. The molecule has 0 radical (unpaired) electrons. The Balaban J connectivity index is 1.56. The van der Waals surface area contributed by atoms with Gasteiger partial charge in [-0.1, -0.05) is 25.4 Å². The van der Waals surface area contributed by atoms with E-state index in [1.807, 2.05) is 24.8 Å². The molecule has 4 rings (SSSR count). The molecule has 2 amide bonds. The predicted octanol–water partition coefficient (Wildman–Crippen LogP) is 5.01. The minimum atomic E-state index is -3.12. The van der Waals surface area contributed by atoms with Gasteiger partial charge in [0.2, 0.25) is 0 Å². The second kappa shape index (κ2) is 13.5. The number of nitrogens with one attached hydrogen (secondary N) is 1. The van der Waals surface area contributed by atoms with Gasteiger partial charge in [0, 0.05) is 55.7 Å². The SMILES string of the molecule is CCOC(=O)N1CCC(CN2CCC(C(=O)Nc3ccc(Cl)cc3OC(F)F)(n3nccc3C(C)C)CC2)(C(=O)O)CC1. The quantitative estimate of drug-likeness (QED) is 0.377. The number of alkyl halides is 2. The van der Waals surface area contributed by atoms with E-state index in [-0.39, 0.29) is 61.5 Å². The monoisotopic (exact) mass is 625 g/mol. The lowest BCUT2D eigenvalue weighted by Gasteiger charge is -2.45. The van der Waals surface area contributed by atoms with Crippen LogP contribution in [0.25, 0.3) is 0 Å². The molecule has 2 saturated heterocycles. The summed E-state index contributed by atoms with van der Waals surface area (Å²) < 4.78 is 37.6. The molecule has 0 saturated carbocycles. The summed E-state index contributed by atoms with van der Waals surface area (Å²) in [5, 5.41) is 17.7. The lowest BCUT2D eigenvalue weighted by atomic mass is 9.76. The molecule has 0 spiro atoms. The Hall–Kier alpha value is -3.45. The zero-order chi connectivity index (χ0) is 31.4. The number of aromatic nitrogens is 2. The minimum Gasteiger partial charge on any atom is -0.481 e. The number of hydrogen-bond acceptors (Lipinski definition) is 7. The van der Waals surface area contributed by atoms with Crippen LogP contribution in [-0.2, 0) is 19.9 Å². The molecule has 43 heavy (non-hydrogen) atoms. The second-order valence-electron chi connectivity index (χ2n) is 11.4. The van der Waals surface area contributed by atoms with E-state index < -0.39 is 35.5 Å². The van der Waals surface area contributed by atoms with Crippen LogP contribution in [-0.4, -0.2) is 88.6 Å². The predicted molar refractivity (Wildman–Crippen MR) is 155 cm³/mol. The van der Waals surface area contributed by atoms with Crippen LogP contribution in [0.3, 0.4) is 0 Å². The molecule has 0 unspecified atom stereocenters. The summed E-state index contributed by atoms with van der Waals surface area (Å²) in [5.41, 5.74) is -1.35. The molecular weight excluding hydrogens is 588 g/mol. The maximum absolute atomic E-state index is 14.1. The summed E-state index contributed by atoms with van der Waals surface area (Å²) in [4.78, 5) is 42.3. The van der Waals surface area contributed by atoms with Gasteiger partial charge in [-0.3, -0.25) is 14.3 Å². The van der Waals surface area contributed by atoms with Crippen LogP contribution in [0.1, 0.15) is 58.1 Å². The molecule has 0 bridgehead atoms. The third kappa shape index (κ3) is 7.04. The highest BCUT2D eigenvalue weighted by Crippen LogP contribution is 2.39. The van der Waals surface area contributed by atoms with Gasteiger partial charge < -0.3 is 29.7 Å².